The van der Waals surface area contributed by atoms with Gasteiger partial charge in [0, 0.05) is 24.7 Å². The first-order valence-electron chi connectivity index (χ1n) is 8.49. The predicted molar refractivity (Wildman–Crippen MR) is 104 cm³/mol. The second kappa shape index (κ2) is 8.54. The second-order valence-electron chi connectivity index (χ2n) is 6.11. The zero-order chi connectivity index (χ0) is 21.1. The van der Waals surface area contributed by atoms with Crippen LogP contribution < -0.4 is 16.6 Å². The zero-order valence-corrected chi connectivity index (χ0v) is 16.0. The third kappa shape index (κ3) is 4.20. The Hall–Kier alpha value is -3.04. The van der Waals surface area contributed by atoms with Crippen LogP contribution in [0.4, 0.5) is 8.78 Å². The summed E-state index contributed by atoms with van der Waals surface area (Å²) in [6, 6.07) is 6.65. The molecule has 0 saturated heterocycles. The molecule has 0 spiro atoms. The highest BCUT2D eigenvalue weighted by atomic mass is 35.5. The lowest BCUT2D eigenvalue weighted by Crippen LogP contribution is -2.42. The van der Waals surface area contributed by atoms with Gasteiger partial charge in [0.2, 0.25) is 5.91 Å². The fraction of sp³-hybridized carbons (Fsp3) is 0.211. The molecule has 10 heteroatoms. The van der Waals surface area contributed by atoms with Crippen molar-refractivity contribution >= 4 is 28.4 Å². The van der Waals surface area contributed by atoms with Gasteiger partial charge >= 0.3 is 5.69 Å². The number of benzene rings is 2. The molecule has 3 aromatic rings. The molecule has 2 aromatic carbocycles. The summed E-state index contributed by atoms with van der Waals surface area (Å²) in [5, 5.41) is 2.85. The van der Waals surface area contributed by atoms with E-state index in [4.69, 9.17) is 16.3 Å². The first-order chi connectivity index (χ1) is 13.8. The Morgan fingerprint density at radius 3 is 2.62 bits per heavy atom. The number of amides is 1. The molecule has 29 heavy (non-hydrogen) atoms. The van der Waals surface area contributed by atoms with Gasteiger partial charge in [-0.05, 0) is 30.3 Å². The maximum Gasteiger partial charge on any atom is 0.336 e. The van der Waals surface area contributed by atoms with E-state index in [0.29, 0.717) is 10.6 Å². The van der Waals surface area contributed by atoms with Crippen LogP contribution in [-0.2, 0) is 16.1 Å². The van der Waals surface area contributed by atoms with Crippen LogP contribution in [0.5, 0.6) is 0 Å². The molecule has 0 aliphatic carbocycles. The highest BCUT2D eigenvalue weighted by Crippen LogP contribution is 2.18. The average Bonchev–Trinajstić information content (AvgIpc) is 2.67. The number of halogens is 3. The number of nitrogens with one attached hydrogen (secondary N) is 1. The van der Waals surface area contributed by atoms with Gasteiger partial charge in [0.15, 0.2) is 0 Å². The summed E-state index contributed by atoms with van der Waals surface area (Å²) in [4.78, 5) is 38.2. The van der Waals surface area contributed by atoms with E-state index in [9.17, 15) is 23.2 Å². The number of hydrogen-bond acceptors (Lipinski definition) is 4. The van der Waals surface area contributed by atoms with Crippen LogP contribution >= 0.6 is 11.6 Å². The van der Waals surface area contributed by atoms with Crippen LogP contribution in [0.2, 0.25) is 5.02 Å². The lowest BCUT2D eigenvalue weighted by Gasteiger charge is -2.15. The molecule has 1 N–H and O–H groups in total. The van der Waals surface area contributed by atoms with Gasteiger partial charge in [-0.25, -0.2) is 18.1 Å². The molecule has 1 amide bonds. The van der Waals surface area contributed by atoms with Gasteiger partial charge < -0.3 is 10.1 Å². The molecule has 1 aromatic heterocycles. The standard InChI is InChI=1S/C19H16ClF2N3O4/c1-29-7-6-23-17(26)10-24-16-8-11(20)2-4-13(16)18(27)25(19(24)28)15-5-3-12(21)9-14(15)22/h2-5,8-9H,6-7,10H2,1H3,(H,23,26). The van der Waals surface area contributed by atoms with Crippen LogP contribution in [0.1, 0.15) is 0 Å². The largest absolute Gasteiger partial charge is 0.383 e. The molecule has 152 valence electrons. The van der Waals surface area contributed by atoms with Crippen molar-refractivity contribution in [2.75, 3.05) is 20.3 Å². The quantitative estimate of drug-likeness (QED) is 0.613. The fourth-order valence-corrected chi connectivity index (χ4v) is 3.03. The van der Waals surface area contributed by atoms with Crippen LogP contribution in [-0.4, -0.2) is 35.3 Å². The lowest BCUT2D eigenvalue weighted by atomic mass is 10.2. The lowest BCUT2D eigenvalue weighted by molar-refractivity contribution is -0.121. The van der Waals surface area contributed by atoms with E-state index < -0.39 is 41.0 Å². The number of carbonyl (C=O) groups excluding carboxylic acids is 1. The SMILES string of the molecule is COCCNC(=O)Cn1c(=O)n(-c2ccc(F)cc2F)c(=O)c2ccc(Cl)cc21. The first kappa shape index (κ1) is 20.7. The van der Waals surface area contributed by atoms with E-state index >= 15 is 0 Å². The highest BCUT2D eigenvalue weighted by Gasteiger charge is 2.19. The Morgan fingerprint density at radius 2 is 1.93 bits per heavy atom. The molecular weight excluding hydrogens is 408 g/mol. The van der Waals surface area contributed by atoms with Crippen LogP contribution in [0, 0.1) is 11.6 Å². The first-order valence-corrected chi connectivity index (χ1v) is 8.87. The Morgan fingerprint density at radius 1 is 1.17 bits per heavy atom. The van der Waals surface area contributed by atoms with E-state index in [1.165, 1.54) is 25.3 Å². The number of nitrogens with zero attached hydrogens (tertiary/aromatic N) is 2. The molecular formula is C19H16ClF2N3O4. The third-order valence-corrected chi connectivity index (χ3v) is 4.42. The van der Waals surface area contributed by atoms with E-state index in [1.807, 2.05) is 0 Å². The molecule has 3 rings (SSSR count). The van der Waals surface area contributed by atoms with Gasteiger partial charge in [-0.1, -0.05) is 11.6 Å². The van der Waals surface area contributed by atoms with Crippen LogP contribution in [0.15, 0.2) is 46.0 Å². The van der Waals surface area contributed by atoms with Crippen molar-refractivity contribution in [1.82, 2.24) is 14.5 Å². The van der Waals surface area contributed by atoms with Gasteiger partial charge in [-0.3, -0.25) is 14.2 Å². The van der Waals surface area contributed by atoms with Crippen LogP contribution in [0.3, 0.4) is 0 Å². The maximum atomic E-state index is 14.3. The summed E-state index contributed by atoms with van der Waals surface area (Å²) < 4.78 is 34.0. The number of methoxy groups -OCH3 is 1. The molecule has 0 bridgehead atoms. The van der Waals surface area contributed by atoms with E-state index in [1.54, 1.807) is 0 Å². The normalized spacial score (nSPS) is 11.0. The molecule has 7 nitrogen and oxygen atoms in total. The molecule has 0 fully saturated rings. The topological polar surface area (TPSA) is 82.3 Å². The van der Waals surface area contributed by atoms with Crippen molar-refractivity contribution in [1.29, 1.82) is 0 Å². The fourth-order valence-electron chi connectivity index (χ4n) is 2.86. The summed E-state index contributed by atoms with van der Waals surface area (Å²) in [7, 11) is 1.47. The number of hydrogen-bond donors (Lipinski definition) is 1. The number of rotatable bonds is 6. The Bertz CT molecular complexity index is 1210. The Labute approximate surface area is 168 Å². The van der Waals surface area contributed by atoms with Gasteiger partial charge in [0.1, 0.15) is 18.2 Å². The molecule has 0 saturated carbocycles. The number of ether oxygens (including phenoxy) is 1. The minimum absolute atomic E-state index is 0.0439. The molecule has 1 heterocycles. The van der Waals surface area contributed by atoms with E-state index in [0.717, 1.165) is 16.7 Å². The summed E-state index contributed by atoms with van der Waals surface area (Å²) in [6.45, 7) is 0.0466. The smallest absolute Gasteiger partial charge is 0.336 e. The van der Waals surface area contributed by atoms with Crippen molar-refractivity contribution in [3.8, 4) is 5.69 Å². The minimum atomic E-state index is -1.09. The van der Waals surface area contributed by atoms with Gasteiger partial charge in [0.25, 0.3) is 5.56 Å². The number of aromatic nitrogens is 2. The highest BCUT2D eigenvalue weighted by molar-refractivity contribution is 6.31. The van der Waals surface area contributed by atoms with E-state index in [-0.39, 0.29) is 29.1 Å². The Balaban J connectivity index is 2.23. The third-order valence-electron chi connectivity index (χ3n) is 4.19. The molecule has 0 unspecified atom stereocenters. The van der Waals surface area contributed by atoms with Crippen molar-refractivity contribution in [3.63, 3.8) is 0 Å². The summed E-state index contributed by atoms with van der Waals surface area (Å²) in [6.07, 6.45) is 0. The molecule has 0 aliphatic rings. The Kier molecular flexibility index (Phi) is 6.09. The van der Waals surface area contributed by atoms with E-state index in [2.05, 4.69) is 5.32 Å². The molecule has 0 atom stereocenters. The van der Waals surface area contributed by atoms with Gasteiger partial charge in [-0.15, -0.1) is 0 Å². The second-order valence-corrected chi connectivity index (χ2v) is 6.55. The molecule has 0 radical (unpaired) electrons. The maximum absolute atomic E-state index is 14.3. The van der Waals surface area contributed by atoms with Crippen LogP contribution in [0.25, 0.3) is 16.6 Å². The van der Waals surface area contributed by atoms with Gasteiger partial charge in [-0.2, -0.15) is 0 Å². The number of carbonyl (C=O) groups is 1. The summed E-state index contributed by atoms with van der Waals surface area (Å²) in [5.41, 5.74) is -2.08. The summed E-state index contributed by atoms with van der Waals surface area (Å²) in [5.74, 6) is -2.46. The average molecular weight is 424 g/mol. The van der Waals surface area contributed by atoms with Crippen molar-refractivity contribution < 1.29 is 18.3 Å². The predicted octanol–water partition coefficient (Wildman–Crippen LogP) is 1.85. The van der Waals surface area contributed by atoms with Crippen molar-refractivity contribution in [2.24, 2.45) is 0 Å². The minimum Gasteiger partial charge on any atom is -0.383 e. The molecule has 0 aliphatic heterocycles. The monoisotopic (exact) mass is 423 g/mol. The number of fused-ring (bicyclic) bond motifs is 1. The van der Waals surface area contributed by atoms with Crippen molar-refractivity contribution in [2.45, 2.75) is 6.54 Å². The zero-order valence-electron chi connectivity index (χ0n) is 15.2. The van der Waals surface area contributed by atoms with Crippen molar-refractivity contribution in [3.05, 3.63) is 73.9 Å². The van der Waals surface area contributed by atoms with Gasteiger partial charge in [0.05, 0.1) is 23.2 Å². The summed E-state index contributed by atoms with van der Waals surface area (Å²) >= 11 is 5.99.